The van der Waals surface area contributed by atoms with Gasteiger partial charge in [-0.15, -0.1) is 0 Å². The van der Waals surface area contributed by atoms with Crippen molar-refractivity contribution in [3.8, 4) is 0 Å². The number of aliphatic hydroxyl groups is 3. The van der Waals surface area contributed by atoms with Crippen molar-refractivity contribution in [1.82, 2.24) is 5.32 Å². The molecule has 0 rings (SSSR count). The van der Waals surface area contributed by atoms with Crippen LogP contribution in [0.4, 0.5) is 0 Å². The molecule has 3 atom stereocenters. The summed E-state index contributed by atoms with van der Waals surface area (Å²) in [5, 5.41) is 33.4. The average Bonchev–Trinajstić information content (AvgIpc) is 3.19. The summed E-state index contributed by atoms with van der Waals surface area (Å²) in [7, 11) is 0. The zero-order valence-electron chi connectivity index (χ0n) is 38.0. The number of rotatable bonds is 47. The molecule has 4 N–H and O–H groups in total. The molecule has 0 bridgehead atoms. The molecule has 0 aromatic heterocycles. The van der Waals surface area contributed by atoms with E-state index in [1.54, 1.807) is 6.08 Å². The topological polar surface area (TPSA) is 89.8 Å². The SMILES string of the molecule is CCCCCCCCCCCCCCCCCCCCCC/C=C/C(O)C(CO)NC(=O)CC(O)CCCCCCCCCCCCCCCCCCCCC. The third-order valence-corrected chi connectivity index (χ3v) is 12.1. The molecule has 0 fully saturated rings. The Morgan fingerprint density at radius 3 is 1.04 bits per heavy atom. The Labute approximate surface area is 350 Å². The molecule has 0 saturated carbocycles. The maximum absolute atomic E-state index is 12.5. The van der Waals surface area contributed by atoms with E-state index in [4.69, 9.17) is 0 Å². The Bertz CT molecular complexity index is 788. The first-order valence-electron chi connectivity index (χ1n) is 25.5. The molecule has 0 heterocycles. The van der Waals surface area contributed by atoms with Gasteiger partial charge in [-0.25, -0.2) is 0 Å². The molecule has 56 heavy (non-hydrogen) atoms. The summed E-state index contributed by atoms with van der Waals surface area (Å²) in [6.07, 6.45) is 56.6. The van der Waals surface area contributed by atoms with Crippen LogP contribution in [0, 0.1) is 0 Å². The lowest BCUT2D eigenvalue weighted by Gasteiger charge is -2.21. The van der Waals surface area contributed by atoms with Crippen LogP contribution in [0.25, 0.3) is 0 Å². The van der Waals surface area contributed by atoms with Gasteiger partial charge in [-0.2, -0.15) is 0 Å². The van der Waals surface area contributed by atoms with E-state index in [-0.39, 0.29) is 18.9 Å². The minimum absolute atomic E-state index is 0.0192. The van der Waals surface area contributed by atoms with Crippen molar-refractivity contribution in [2.45, 2.75) is 302 Å². The van der Waals surface area contributed by atoms with Gasteiger partial charge in [0, 0.05) is 0 Å². The fraction of sp³-hybridized carbons (Fsp3) is 0.941. The van der Waals surface area contributed by atoms with Crippen LogP contribution in [-0.2, 0) is 4.79 Å². The van der Waals surface area contributed by atoms with E-state index in [2.05, 4.69) is 19.2 Å². The molecular formula is C51H101NO4. The van der Waals surface area contributed by atoms with Crippen LogP contribution < -0.4 is 5.32 Å². The second-order valence-electron chi connectivity index (χ2n) is 17.8. The van der Waals surface area contributed by atoms with E-state index < -0.39 is 18.2 Å². The van der Waals surface area contributed by atoms with Crippen molar-refractivity contribution in [3.05, 3.63) is 12.2 Å². The maximum atomic E-state index is 12.5. The molecular weight excluding hydrogens is 691 g/mol. The molecule has 0 aliphatic rings. The van der Waals surface area contributed by atoms with Crippen molar-refractivity contribution in [1.29, 1.82) is 0 Å². The van der Waals surface area contributed by atoms with E-state index in [0.29, 0.717) is 6.42 Å². The molecule has 5 heteroatoms. The van der Waals surface area contributed by atoms with E-state index in [9.17, 15) is 20.1 Å². The second-order valence-corrected chi connectivity index (χ2v) is 17.8. The Morgan fingerprint density at radius 1 is 0.446 bits per heavy atom. The van der Waals surface area contributed by atoms with Crippen molar-refractivity contribution in [3.63, 3.8) is 0 Å². The van der Waals surface area contributed by atoms with Gasteiger partial charge in [0.1, 0.15) is 0 Å². The van der Waals surface area contributed by atoms with Gasteiger partial charge in [0.15, 0.2) is 0 Å². The summed E-state index contributed by atoms with van der Waals surface area (Å²) in [5.41, 5.74) is 0. The van der Waals surface area contributed by atoms with Gasteiger partial charge in [-0.05, 0) is 19.3 Å². The standard InChI is InChI=1S/C51H101NO4/c1-3-5-7-9-11-13-15-17-19-21-23-24-25-27-29-31-33-35-37-39-41-43-45-50(55)49(47-53)52-51(56)46-48(54)44-42-40-38-36-34-32-30-28-26-22-20-18-16-14-12-10-8-6-4-2/h43,45,48-50,53-55H,3-42,44,46-47H2,1-2H3,(H,52,56)/b45-43+. The van der Waals surface area contributed by atoms with Crippen molar-refractivity contribution in [2.24, 2.45) is 0 Å². The van der Waals surface area contributed by atoms with Crippen molar-refractivity contribution < 1.29 is 20.1 Å². The van der Waals surface area contributed by atoms with Crippen LogP contribution in [0.15, 0.2) is 12.2 Å². The number of carbonyl (C=O) groups is 1. The fourth-order valence-electron chi connectivity index (χ4n) is 8.17. The number of amides is 1. The first-order chi connectivity index (χ1) is 27.5. The van der Waals surface area contributed by atoms with Crippen LogP contribution in [0.3, 0.4) is 0 Å². The summed E-state index contributed by atoms with van der Waals surface area (Å²) in [6.45, 7) is 4.25. The van der Waals surface area contributed by atoms with Crippen LogP contribution in [0.2, 0.25) is 0 Å². The van der Waals surface area contributed by atoms with E-state index in [1.807, 2.05) is 6.08 Å². The molecule has 0 spiro atoms. The molecule has 334 valence electrons. The summed E-state index contributed by atoms with van der Waals surface area (Å²) < 4.78 is 0. The molecule has 1 amide bonds. The molecule has 0 aliphatic heterocycles. The Balaban J connectivity index is 3.58. The minimum Gasteiger partial charge on any atom is -0.394 e. The average molecular weight is 792 g/mol. The number of aliphatic hydroxyl groups excluding tert-OH is 3. The summed E-state index contributed by atoms with van der Waals surface area (Å²) in [6, 6.07) is -0.740. The highest BCUT2D eigenvalue weighted by Gasteiger charge is 2.20. The number of carbonyl (C=O) groups excluding carboxylic acids is 1. The molecule has 5 nitrogen and oxygen atoms in total. The van der Waals surface area contributed by atoms with Crippen molar-refractivity contribution >= 4 is 5.91 Å². The van der Waals surface area contributed by atoms with Crippen LogP contribution in [0.5, 0.6) is 0 Å². The maximum Gasteiger partial charge on any atom is 0.222 e. The van der Waals surface area contributed by atoms with E-state index in [1.165, 1.54) is 231 Å². The monoisotopic (exact) mass is 792 g/mol. The smallest absolute Gasteiger partial charge is 0.222 e. The fourth-order valence-corrected chi connectivity index (χ4v) is 8.17. The van der Waals surface area contributed by atoms with Gasteiger partial charge in [-0.1, -0.05) is 270 Å². The molecule has 0 aromatic carbocycles. The van der Waals surface area contributed by atoms with Crippen molar-refractivity contribution in [2.75, 3.05) is 6.61 Å². The van der Waals surface area contributed by atoms with E-state index >= 15 is 0 Å². The number of allylic oxidation sites excluding steroid dienone is 1. The lowest BCUT2D eigenvalue weighted by atomic mass is 10.0. The zero-order chi connectivity index (χ0) is 40.8. The highest BCUT2D eigenvalue weighted by atomic mass is 16.3. The number of nitrogens with one attached hydrogen (secondary N) is 1. The Morgan fingerprint density at radius 2 is 0.732 bits per heavy atom. The number of hydrogen-bond donors (Lipinski definition) is 4. The molecule has 0 aliphatic carbocycles. The number of unbranched alkanes of at least 4 members (excludes halogenated alkanes) is 38. The minimum atomic E-state index is -0.925. The van der Waals surface area contributed by atoms with Crippen LogP contribution >= 0.6 is 0 Å². The summed E-state index contributed by atoms with van der Waals surface area (Å²) in [4.78, 5) is 12.5. The Hall–Kier alpha value is -0.910. The highest BCUT2D eigenvalue weighted by Crippen LogP contribution is 2.17. The lowest BCUT2D eigenvalue weighted by Crippen LogP contribution is -2.45. The first kappa shape index (κ1) is 55.1. The molecule has 0 aromatic rings. The predicted molar refractivity (Wildman–Crippen MR) is 245 cm³/mol. The molecule has 0 radical (unpaired) electrons. The zero-order valence-corrected chi connectivity index (χ0v) is 38.0. The highest BCUT2D eigenvalue weighted by molar-refractivity contribution is 5.76. The normalized spacial score (nSPS) is 13.4. The first-order valence-corrected chi connectivity index (χ1v) is 25.5. The van der Waals surface area contributed by atoms with Gasteiger partial charge >= 0.3 is 0 Å². The third-order valence-electron chi connectivity index (χ3n) is 12.1. The van der Waals surface area contributed by atoms with E-state index in [0.717, 1.165) is 25.7 Å². The third kappa shape index (κ3) is 42.7. The second kappa shape index (κ2) is 46.8. The summed E-state index contributed by atoms with van der Waals surface area (Å²) >= 11 is 0. The predicted octanol–water partition coefficient (Wildman–Crippen LogP) is 15.2. The number of hydrogen-bond acceptors (Lipinski definition) is 4. The quantitative estimate of drug-likeness (QED) is 0.0365. The molecule has 3 unspecified atom stereocenters. The Kier molecular flexibility index (Phi) is 46.0. The van der Waals surface area contributed by atoms with Gasteiger partial charge in [0.25, 0.3) is 0 Å². The van der Waals surface area contributed by atoms with Crippen LogP contribution in [-0.4, -0.2) is 46.1 Å². The van der Waals surface area contributed by atoms with Gasteiger partial charge < -0.3 is 20.6 Å². The lowest BCUT2D eigenvalue weighted by molar-refractivity contribution is -0.124. The van der Waals surface area contributed by atoms with Crippen LogP contribution in [0.1, 0.15) is 284 Å². The largest absolute Gasteiger partial charge is 0.394 e. The van der Waals surface area contributed by atoms with Gasteiger partial charge in [0.05, 0.1) is 31.3 Å². The van der Waals surface area contributed by atoms with Gasteiger partial charge in [0.2, 0.25) is 5.91 Å². The van der Waals surface area contributed by atoms with Gasteiger partial charge in [-0.3, -0.25) is 4.79 Å². The summed E-state index contributed by atoms with van der Waals surface area (Å²) in [5.74, 6) is -0.309. The molecule has 0 saturated heterocycles.